The zero-order valence-corrected chi connectivity index (χ0v) is 20.2. The molecule has 1 aliphatic heterocycles. The van der Waals surface area contributed by atoms with Gasteiger partial charge in [0.05, 0.1) is 18.0 Å². The highest BCUT2D eigenvalue weighted by Crippen LogP contribution is 2.29. The molecule has 3 heterocycles. The van der Waals surface area contributed by atoms with Gasteiger partial charge in [0.25, 0.3) is 5.91 Å². The van der Waals surface area contributed by atoms with Crippen LogP contribution in [0.2, 0.25) is 0 Å². The molecule has 8 nitrogen and oxygen atoms in total. The van der Waals surface area contributed by atoms with Crippen molar-refractivity contribution >= 4 is 28.7 Å². The average Bonchev–Trinajstić information content (AvgIpc) is 2.86. The van der Waals surface area contributed by atoms with Crippen LogP contribution in [0.1, 0.15) is 24.0 Å². The van der Waals surface area contributed by atoms with Crippen LogP contribution in [-0.2, 0) is 11.3 Å². The van der Waals surface area contributed by atoms with Crippen molar-refractivity contribution in [1.82, 2.24) is 14.9 Å². The van der Waals surface area contributed by atoms with Crippen LogP contribution in [0, 0.1) is 0 Å². The Morgan fingerprint density at radius 1 is 1.14 bits per heavy atom. The number of nitrogens with two attached hydrogens (primary N) is 1. The van der Waals surface area contributed by atoms with Crippen LogP contribution in [0.25, 0.3) is 16.7 Å². The molecule has 0 spiro atoms. The van der Waals surface area contributed by atoms with Gasteiger partial charge in [0, 0.05) is 68.5 Å². The third-order valence-electron chi connectivity index (χ3n) is 6.21. The number of aromatic nitrogens is 2. The average molecular weight is 473 g/mol. The van der Waals surface area contributed by atoms with Crippen LogP contribution < -0.4 is 16.0 Å². The van der Waals surface area contributed by atoms with Crippen LogP contribution in [0.3, 0.4) is 0 Å². The first-order valence-electron chi connectivity index (χ1n) is 11.7. The van der Waals surface area contributed by atoms with E-state index in [2.05, 4.69) is 32.8 Å². The molecule has 35 heavy (non-hydrogen) atoms. The van der Waals surface area contributed by atoms with E-state index < -0.39 is 0 Å². The van der Waals surface area contributed by atoms with Gasteiger partial charge in [-0.15, -0.1) is 0 Å². The Morgan fingerprint density at radius 2 is 1.91 bits per heavy atom. The lowest BCUT2D eigenvalue weighted by Crippen LogP contribution is -2.35. The number of aliphatic hydroxyl groups is 1. The Morgan fingerprint density at radius 3 is 2.60 bits per heavy atom. The number of carbonyl (C=O) groups is 1. The number of likely N-dealkylation sites (tertiary alicyclic amines) is 1. The van der Waals surface area contributed by atoms with Crippen LogP contribution in [0.5, 0.6) is 0 Å². The number of hydrogen-bond donors (Lipinski definition) is 3. The second-order valence-electron chi connectivity index (χ2n) is 9.12. The maximum Gasteiger partial charge on any atom is 0.255 e. The molecule has 0 atom stereocenters. The summed E-state index contributed by atoms with van der Waals surface area (Å²) >= 11 is 0. The van der Waals surface area contributed by atoms with Gasteiger partial charge in [-0.25, -0.2) is 4.98 Å². The zero-order chi connectivity index (χ0) is 24.9. The van der Waals surface area contributed by atoms with Gasteiger partial charge >= 0.3 is 0 Å². The van der Waals surface area contributed by atoms with Crippen molar-refractivity contribution in [2.24, 2.45) is 0 Å². The van der Waals surface area contributed by atoms with Gasteiger partial charge in [-0.2, -0.15) is 0 Å². The maximum atomic E-state index is 12.9. The molecule has 4 rings (SSSR count). The molecule has 1 aliphatic rings. The van der Waals surface area contributed by atoms with E-state index in [1.54, 1.807) is 24.5 Å². The number of pyridine rings is 2. The molecule has 0 saturated carbocycles. The fraction of sp³-hybridized carbons (Fsp3) is 0.296. The Labute approximate surface area is 206 Å². The van der Waals surface area contributed by atoms with Crippen molar-refractivity contribution in [3.05, 3.63) is 72.7 Å². The van der Waals surface area contributed by atoms with Gasteiger partial charge in [-0.3, -0.25) is 14.7 Å². The highest BCUT2D eigenvalue weighted by Gasteiger charge is 2.18. The lowest BCUT2D eigenvalue weighted by atomic mass is 9.97. The van der Waals surface area contributed by atoms with Crippen molar-refractivity contribution < 1.29 is 9.90 Å². The number of nitrogens with one attached hydrogen (secondary N) is 1. The monoisotopic (exact) mass is 472 g/mol. The fourth-order valence-electron chi connectivity index (χ4n) is 4.12. The minimum Gasteiger partial charge on any atom is -0.398 e. The van der Waals surface area contributed by atoms with E-state index in [0.717, 1.165) is 55.0 Å². The Kier molecular flexibility index (Phi) is 7.43. The third-order valence-corrected chi connectivity index (χ3v) is 6.21. The third kappa shape index (κ3) is 6.03. The summed E-state index contributed by atoms with van der Waals surface area (Å²) in [6.07, 6.45) is 6.69. The Bertz CT molecular complexity index is 1200. The first kappa shape index (κ1) is 24.4. The molecule has 0 bridgehead atoms. The number of benzene rings is 1. The van der Waals surface area contributed by atoms with Crippen LogP contribution in [-0.4, -0.2) is 59.2 Å². The van der Waals surface area contributed by atoms with Crippen molar-refractivity contribution in [3.63, 3.8) is 0 Å². The van der Waals surface area contributed by atoms with Gasteiger partial charge in [0.2, 0.25) is 0 Å². The summed E-state index contributed by atoms with van der Waals surface area (Å²) in [6, 6.07) is 11.3. The number of amides is 1. The number of rotatable bonds is 7. The molecular formula is C27H32N6O2. The first-order chi connectivity index (χ1) is 16.8. The number of nitrogen functional groups attached to an aromatic ring is 1. The normalized spacial score (nSPS) is 14.5. The summed E-state index contributed by atoms with van der Waals surface area (Å²) in [6.45, 7) is 6.53. The predicted octanol–water partition coefficient (Wildman–Crippen LogP) is 3.40. The van der Waals surface area contributed by atoms with Gasteiger partial charge < -0.3 is 21.1 Å². The molecule has 0 radical (unpaired) electrons. The molecule has 4 N–H and O–H groups in total. The Hall–Kier alpha value is -3.75. The molecule has 1 amide bonds. The van der Waals surface area contributed by atoms with E-state index in [9.17, 15) is 9.90 Å². The smallest absolute Gasteiger partial charge is 0.255 e. The second-order valence-corrected chi connectivity index (χ2v) is 9.12. The first-order valence-corrected chi connectivity index (χ1v) is 11.7. The molecule has 0 aliphatic carbocycles. The molecule has 1 aromatic carbocycles. The minimum absolute atomic E-state index is 0.192. The topological polar surface area (TPSA) is 108 Å². The van der Waals surface area contributed by atoms with E-state index in [-0.39, 0.29) is 17.6 Å². The molecule has 3 aromatic rings. The summed E-state index contributed by atoms with van der Waals surface area (Å²) < 4.78 is 0. The number of carbonyl (C=O) groups excluding carboxylic acids is 1. The standard InChI is InChI=1S/C27H32N6O2/c1-18(27(35)31-22-5-7-26(30-16-22)32(2)3)24-13-20(4-6-25(24)28)21-12-19(14-29-15-21)17-33-10-8-23(34)9-11-33/h4-7,12-16,23,34H,1,8-11,17,28H2,2-3H3,(H,31,35). The number of hydrogen-bond acceptors (Lipinski definition) is 7. The van der Waals surface area contributed by atoms with E-state index in [1.807, 2.05) is 43.4 Å². The van der Waals surface area contributed by atoms with Gasteiger partial charge in [-0.05, 0) is 54.3 Å². The van der Waals surface area contributed by atoms with Crippen LogP contribution >= 0.6 is 0 Å². The molecule has 2 aromatic heterocycles. The summed E-state index contributed by atoms with van der Waals surface area (Å²) in [5, 5.41) is 12.6. The summed E-state index contributed by atoms with van der Waals surface area (Å²) in [5.74, 6) is 0.458. The van der Waals surface area contributed by atoms with E-state index in [1.165, 1.54) is 0 Å². The fourth-order valence-corrected chi connectivity index (χ4v) is 4.12. The van der Waals surface area contributed by atoms with Crippen molar-refractivity contribution in [3.8, 4) is 11.1 Å². The number of anilines is 3. The zero-order valence-electron chi connectivity index (χ0n) is 20.2. The van der Waals surface area contributed by atoms with Crippen LogP contribution in [0.4, 0.5) is 17.2 Å². The Balaban J connectivity index is 1.49. The molecule has 8 heteroatoms. The summed E-state index contributed by atoms with van der Waals surface area (Å²) in [4.78, 5) is 25.9. The molecule has 0 unspecified atom stereocenters. The van der Waals surface area contributed by atoms with E-state index in [4.69, 9.17) is 5.73 Å². The predicted molar refractivity (Wildman–Crippen MR) is 141 cm³/mol. The maximum absolute atomic E-state index is 12.9. The molecule has 182 valence electrons. The lowest BCUT2D eigenvalue weighted by Gasteiger charge is -2.29. The summed E-state index contributed by atoms with van der Waals surface area (Å²) in [5.41, 5.74) is 11.1. The largest absolute Gasteiger partial charge is 0.398 e. The van der Waals surface area contributed by atoms with Gasteiger partial charge in [0.15, 0.2) is 0 Å². The number of aliphatic hydroxyl groups excluding tert-OH is 1. The number of piperidine rings is 1. The molecule has 1 fully saturated rings. The lowest BCUT2D eigenvalue weighted by molar-refractivity contribution is -0.111. The van der Waals surface area contributed by atoms with Gasteiger partial charge in [-0.1, -0.05) is 12.6 Å². The SMILES string of the molecule is C=C(C(=O)Nc1ccc(N(C)C)nc1)c1cc(-c2cncc(CN3CCC(O)CC3)c2)ccc1N. The van der Waals surface area contributed by atoms with E-state index in [0.29, 0.717) is 16.9 Å². The summed E-state index contributed by atoms with van der Waals surface area (Å²) in [7, 11) is 3.81. The minimum atomic E-state index is -0.340. The number of nitrogens with zero attached hydrogens (tertiary/aromatic N) is 4. The van der Waals surface area contributed by atoms with Crippen molar-refractivity contribution in [2.75, 3.05) is 43.1 Å². The molecular weight excluding hydrogens is 440 g/mol. The molecule has 1 saturated heterocycles. The van der Waals surface area contributed by atoms with Gasteiger partial charge in [0.1, 0.15) is 5.82 Å². The van der Waals surface area contributed by atoms with Crippen molar-refractivity contribution in [1.29, 1.82) is 0 Å². The van der Waals surface area contributed by atoms with E-state index >= 15 is 0 Å². The van der Waals surface area contributed by atoms with Crippen molar-refractivity contribution in [2.45, 2.75) is 25.5 Å². The highest BCUT2D eigenvalue weighted by atomic mass is 16.3. The highest BCUT2D eigenvalue weighted by molar-refractivity contribution is 6.25. The second kappa shape index (κ2) is 10.7. The quantitative estimate of drug-likeness (QED) is 0.357. The van der Waals surface area contributed by atoms with Crippen LogP contribution in [0.15, 0.2) is 61.6 Å².